The molecule has 0 atom stereocenters. The summed E-state index contributed by atoms with van der Waals surface area (Å²) in [6.45, 7) is 6.64. The van der Waals surface area contributed by atoms with Crippen LogP contribution < -0.4 is 5.32 Å². The van der Waals surface area contributed by atoms with Crippen molar-refractivity contribution in [3.8, 4) is 0 Å². The van der Waals surface area contributed by atoms with Gasteiger partial charge in [-0.15, -0.1) is 0 Å². The molecule has 0 aliphatic carbocycles. The molecule has 84 valence electrons. The molecule has 2 aromatic heterocycles. The lowest BCUT2D eigenvalue weighted by Gasteiger charge is -2.08. The summed E-state index contributed by atoms with van der Waals surface area (Å²) in [5, 5.41) is 7.28. The molecule has 0 aliphatic heterocycles. The summed E-state index contributed by atoms with van der Waals surface area (Å²) < 4.78 is 5.11. The van der Waals surface area contributed by atoms with Crippen molar-refractivity contribution in [1.82, 2.24) is 10.1 Å². The van der Waals surface area contributed by atoms with Crippen molar-refractivity contribution in [3.63, 3.8) is 0 Å². The summed E-state index contributed by atoms with van der Waals surface area (Å²) in [6, 6.07) is 1.97. The standard InChI is InChI=1S/C12H15N3O/c1-8-6-13-5-4-12(8)14-7-11-9(2)15-16-10(11)3/h4-6H,7H2,1-3H3,(H,13,14). The van der Waals surface area contributed by atoms with Crippen molar-refractivity contribution in [2.45, 2.75) is 27.3 Å². The van der Waals surface area contributed by atoms with Crippen molar-refractivity contribution >= 4 is 5.69 Å². The van der Waals surface area contributed by atoms with Gasteiger partial charge in [-0.05, 0) is 32.4 Å². The highest BCUT2D eigenvalue weighted by Crippen LogP contribution is 2.17. The van der Waals surface area contributed by atoms with Crippen LogP contribution >= 0.6 is 0 Å². The predicted octanol–water partition coefficient (Wildman–Crippen LogP) is 2.61. The van der Waals surface area contributed by atoms with Crippen molar-refractivity contribution < 1.29 is 4.52 Å². The Bertz CT molecular complexity index is 471. The van der Waals surface area contributed by atoms with Gasteiger partial charge in [0, 0.05) is 30.2 Å². The lowest BCUT2D eigenvalue weighted by molar-refractivity contribution is 0.392. The summed E-state index contributed by atoms with van der Waals surface area (Å²) in [4.78, 5) is 4.05. The topological polar surface area (TPSA) is 51.0 Å². The molecule has 4 nitrogen and oxygen atoms in total. The Balaban J connectivity index is 2.11. The predicted molar refractivity (Wildman–Crippen MR) is 62.3 cm³/mol. The fourth-order valence-electron chi connectivity index (χ4n) is 1.61. The summed E-state index contributed by atoms with van der Waals surface area (Å²) >= 11 is 0. The molecule has 4 heteroatoms. The molecule has 0 bridgehead atoms. The molecule has 16 heavy (non-hydrogen) atoms. The highest BCUT2D eigenvalue weighted by molar-refractivity contribution is 5.49. The quantitative estimate of drug-likeness (QED) is 0.858. The number of anilines is 1. The van der Waals surface area contributed by atoms with Gasteiger partial charge in [-0.3, -0.25) is 4.98 Å². The number of nitrogens with zero attached hydrogens (tertiary/aromatic N) is 2. The average molecular weight is 217 g/mol. The first-order valence-electron chi connectivity index (χ1n) is 5.24. The van der Waals surface area contributed by atoms with E-state index in [1.165, 1.54) is 0 Å². The number of nitrogens with one attached hydrogen (secondary N) is 1. The summed E-state index contributed by atoms with van der Waals surface area (Å²) in [5.41, 5.74) is 4.29. The maximum absolute atomic E-state index is 5.11. The molecular weight excluding hydrogens is 202 g/mol. The second-order valence-corrected chi connectivity index (χ2v) is 3.85. The SMILES string of the molecule is Cc1cnccc1NCc1c(C)noc1C. The van der Waals surface area contributed by atoms with Gasteiger partial charge in [0.1, 0.15) is 5.76 Å². The molecule has 2 heterocycles. The Hall–Kier alpha value is -1.84. The molecule has 0 amide bonds. The first-order chi connectivity index (χ1) is 7.68. The summed E-state index contributed by atoms with van der Waals surface area (Å²) in [6.07, 6.45) is 3.62. The van der Waals surface area contributed by atoms with Gasteiger partial charge in [0.15, 0.2) is 0 Å². The van der Waals surface area contributed by atoms with E-state index in [2.05, 4.69) is 15.5 Å². The van der Waals surface area contributed by atoms with Gasteiger partial charge in [-0.2, -0.15) is 0 Å². The minimum atomic E-state index is 0.728. The molecule has 0 spiro atoms. The van der Waals surface area contributed by atoms with E-state index >= 15 is 0 Å². The van der Waals surface area contributed by atoms with Crippen LogP contribution in [0.2, 0.25) is 0 Å². The fraction of sp³-hybridized carbons (Fsp3) is 0.333. The molecule has 1 N–H and O–H groups in total. The van der Waals surface area contributed by atoms with Crippen LogP contribution in [-0.4, -0.2) is 10.1 Å². The van der Waals surface area contributed by atoms with Crippen LogP contribution in [0.25, 0.3) is 0 Å². The third-order valence-electron chi connectivity index (χ3n) is 2.66. The van der Waals surface area contributed by atoms with E-state index in [4.69, 9.17) is 4.52 Å². The number of aromatic nitrogens is 2. The van der Waals surface area contributed by atoms with E-state index in [1.807, 2.05) is 33.0 Å². The second kappa shape index (κ2) is 4.35. The molecule has 0 fully saturated rings. The number of rotatable bonds is 3. The van der Waals surface area contributed by atoms with Crippen LogP contribution in [0.3, 0.4) is 0 Å². The number of hydrogen-bond donors (Lipinski definition) is 1. The molecule has 0 aliphatic rings. The van der Waals surface area contributed by atoms with Crippen LogP contribution in [0.1, 0.15) is 22.6 Å². The Morgan fingerprint density at radius 3 is 2.75 bits per heavy atom. The Morgan fingerprint density at radius 2 is 2.12 bits per heavy atom. The molecule has 0 radical (unpaired) electrons. The highest BCUT2D eigenvalue weighted by Gasteiger charge is 2.08. The van der Waals surface area contributed by atoms with Crippen molar-refractivity contribution in [1.29, 1.82) is 0 Å². The molecule has 2 rings (SSSR count). The normalized spacial score (nSPS) is 10.4. The average Bonchev–Trinajstić information content (AvgIpc) is 2.58. The molecular formula is C12H15N3O. The van der Waals surface area contributed by atoms with Gasteiger partial charge in [0.25, 0.3) is 0 Å². The monoisotopic (exact) mass is 217 g/mol. The molecule has 0 saturated heterocycles. The zero-order valence-electron chi connectivity index (χ0n) is 9.74. The zero-order valence-corrected chi connectivity index (χ0v) is 9.74. The number of aryl methyl sites for hydroxylation is 3. The van der Waals surface area contributed by atoms with Gasteiger partial charge in [0.05, 0.1) is 5.69 Å². The van der Waals surface area contributed by atoms with Crippen LogP contribution in [0.4, 0.5) is 5.69 Å². The van der Waals surface area contributed by atoms with Gasteiger partial charge < -0.3 is 9.84 Å². The zero-order chi connectivity index (χ0) is 11.5. The number of hydrogen-bond acceptors (Lipinski definition) is 4. The second-order valence-electron chi connectivity index (χ2n) is 3.85. The maximum Gasteiger partial charge on any atom is 0.138 e. The van der Waals surface area contributed by atoms with E-state index in [1.54, 1.807) is 6.20 Å². The molecule has 0 saturated carbocycles. The summed E-state index contributed by atoms with van der Waals surface area (Å²) in [7, 11) is 0. The van der Waals surface area contributed by atoms with E-state index in [9.17, 15) is 0 Å². The Kier molecular flexibility index (Phi) is 2.90. The van der Waals surface area contributed by atoms with Gasteiger partial charge in [-0.1, -0.05) is 5.16 Å². The van der Waals surface area contributed by atoms with E-state index in [0.29, 0.717) is 0 Å². The Labute approximate surface area is 94.7 Å². The molecule has 0 unspecified atom stereocenters. The van der Waals surface area contributed by atoms with Gasteiger partial charge >= 0.3 is 0 Å². The lowest BCUT2D eigenvalue weighted by atomic mass is 10.2. The molecule has 0 aromatic carbocycles. The van der Waals surface area contributed by atoms with E-state index in [-0.39, 0.29) is 0 Å². The Morgan fingerprint density at radius 1 is 1.31 bits per heavy atom. The first kappa shape index (κ1) is 10.7. The first-order valence-corrected chi connectivity index (χ1v) is 5.24. The minimum Gasteiger partial charge on any atom is -0.380 e. The minimum absolute atomic E-state index is 0.728. The third kappa shape index (κ3) is 2.05. The smallest absolute Gasteiger partial charge is 0.138 e. The van der Waals surface area contributed by atoms with Crippen LogP contribution in [0, 0.1) is 20.8 Å². The van der Waals surface area contributed by atoms with E-state index in [0.717, 1.165) is 34.8 Å². The third-order valence-corrected chi connectivity index (χ3v) is 2.66. The van der Waals surface area contributed by atoms with Crippen LogP contribution in [0.15, 0.2) is 23.0 Å². The van der Waals surface area contributed by atoms with E-state index < -0.39 is 0 Å². The van der Waals surface area contributed by atoms with Crippen LogP contribution in [0.5, 0.6) is 0 Å². The molecule has 2 aromatic rings. The van der Waals surface area contributed by atoms with Crippen molar-refractivity contribution in [2.75, 3.05) is 5.32 Å². The number of pyridine rings is 1. The maximum atomic E-state index is 5.11. The van der Waals surface area contributed by atoms with Crippen molar-refractivity contribution in [3.05, 3.63) is 41.0 Å². The van der Waals surface area contributed by atoms with Crippen molar-refractivity contribution in [2.24, 2.45) is 0 Å². The summed E-state index contributed by atoms with van der Waals surface area (Å²) in [5.74, 6) is 0.872. The fourth-order valence-corrected chi connectivity index (χ4v) is 1.61. The largest absolute Gasteiger partial charge is 0.380 e. The van der Waals surface area contributed by atoms with Crippen LogP contribution in [-0.2, 0) is 6.54 Å². The highest BCUT2D eigenvalue weighted by atomic mass is 16.5. The van der Waals surface area contributed by atoms with Gasteiger partial charge in [-0.25, -0.2) is 0 Å². The van der Waals surface area contributed by atoms with Gasteiger partial charge in [0.2, 0.25) is 0 Å². The lowest BCUT2D eigenvalue weighted by Crippen LogP contribution is -2.02.